The number of nitrogens with zero attached hydrogens (tertiary/aromatic N) is 3. The number of amides is 1. The van der Waals surface area contributed by atoms with E-state index in [2.05, 4.69) is 53.4 Å². The maximum Gasteiger partial charge on any atom is 0.221 e. The molecule has 1 aliphatic rings. The number of anilines is 4. The van der Waals surface area contributed by atoms with E-state index in [0.717, 1.165) is 46.9 Å². The van der Waals surface area contributed by atoms with E-state index in [1.807, 2.05) is 17.7 Å². The fraction of sp³-hybridized carbons (Fsp3) is 0.333. The molecule has 0 atom stereocenters. The second-order valence-corrected chi connectivity index (χ2v) is 7.07. The SMILES string of the molecule is CCN(CC)c1cc2c(cc1C)Nc1c(cc(NC(C)=O)c3ncn(C)c13)O2. The van der Waals surface area contributed by atoms with Gasteiger partial charge in [-0.3, -0.25) is 4.79 Å². The molecular weight excluding hydrogens is 354 g/mol. The summed E-state index contributed by atoms with van der Waals surface area (Å²) in [6.45, 7) is 9.77. The molecule has 0 fully saturated rings. The average Bonchev–Trinajstić information content (AvgIpc) is 3.04. The molecule has 2 heterocycles. The van der Waals surface area contributed by atoms with Crippen molar-refractivity contribution in [3.63, 3.8) is 0 Å². The third-order valence-electron chi connectivity index (χ3n) is 5.14. The van der Waals surface area contributed by atoms with Gasteiger partial charge >= 0.3 is 0 Å². The fourth-order valence-corrected chi connectivity index (χ4v) is 3.81. The number of imidazole rings is 1. The van der Waals surface area contributed by atoms with E-state index in [1.165, 1.54) is 12.5 Å². The Hall–Kier alpha value is -3.22. The van der Waals surface area contributed by atoms with Gasteiger partial charge in [0, 0.05) is 44.9 Å². The largest absolute Gasteiger partial charge is 0.453 e. The van der Waals surface area contributed by atoms with Crippen LogP contribution in [0.5, 0.6) is 11.5 Å². The summed E-state index contributed by atoms with van der Waals surface area (Å²) in [6, 6.07) is 6.04. The van der Waals surface area contributed by atoms with Crippen LogP contribution in [-0.2, 0) is 11.8 Å². The highest BCUT2D eigenvalue weighted by Crippen LogP contribution is 2.49. The van der Waals surface area contributed by atoms with Crippen molar-refractivity contribution in [3.05, 3.63) is 30.1 Å². The van der Waals surface area contributed by atoms with Crippen molar-refractivity contribution in [2.75, 3.05) is 28.6 Å². The van der Waals surface area contributed by atoms with Crippen LogP contribution in [0, 0.1) is 6.92 Å². The first kappa shape index (κ1) is 18.2. The van der Waals surface area contributed by atoms with Gasteiger partial charge in [-0.15, -0.1) is 0 Å². The van der Waals surface area contributed by atoms with Crippen LogP contribution in [0.4, 0.5) is 22.7 Å². The zero-order valence-corrected chi connectivity index (χ0v) is 16.9. The molecule has 0 radical (unpaired) electrons. The highest BCUT2D eigenvalue weighted by Gasteiger charge is 2.25. The summed E-state index contributed by atoms with van der Waals surface area (Å²) < 4.78 is 8.21. The van der Waals surface area contributed by atoms with Crippen molar-refractivity contribution in [2.45, 2.75) is 27.7 Å². The minimum absolute atomic E-state index is 0.143. The van der Waals surface area contributed by atoms with Crippen LogP contribution >= 0.6 is 0 Å². The van der Waals surface area contributed by atoms with E-state index < -0.39 is 0 Å². The van der Waals surface area contributed by atoms with E-state index >= 15 is 0 Å². The summed E-state index contributed by atoms with van der Waals surface area (Å²) in [5.74, 6) is 1.30. The van der Waals surface area contributed by atoms with Crippen LogP contribution in [0.1, 0.15) is 26.3 Å². The molecule has 2 aromatic carbocycles. The van der Waals surface area contributed by atoms with Gasteiger partial charge in [0.25, 0.3) is 0 Å². The van der Waals surface area contributed by atoms with Crippen molar-refractivity contribution in [1.82, 2.24) is 9.55 Å². The normalized spacial score (nSPS) is 12.0. The summed E-state index contributed by atoms with van der Waals surface area (Å²) >= 11 is 0. The van der Waals surface area contributed by atoms with Gasteiger partial charge < -0.3 is 24.8 Å². The third-order valence-corrected chi connectivity index (χ3v) is 5.14. The average molecular weight is 379 g/mol. The maximum atomic E-state index is 11.6. The zero-order chi connectivity index (χ0) is 20.0. The molecule has 28 heavy (non-hydrogen) atoms. The Morgan fingerprint density at radius 2 is 2.00 bits per heavy atom. The predicted octanol–water partition coefficient (Wildman–Crippen LogP) is 4.54. The van der Waals surface area contributed by atoms with Crippen molar-refractivity contribution in [3.8, 4) is 11.5 Å². The molecule has 0 saturated carbocycles. The number of benzene rings is 2. The molecule has 4 rings (SSSR count). The Balaban J connectivity index is 1.85. The Bertz CT molecular complexity index is 1080. The molecule has 0 bridgehead atoms. The Labute approximate surface area is 164 Å². The van der Waals surface area contributed by atoms with Gasteiger partial charge in [0.05, 0.1) is 23.2 Å². The molecule has 3 aromatic rings. The first-order valence-corrected chi connectivity index (χ1v) is 9.53. The van der Waals surface area contributed by atoms with Crippen molar-refractivity contribution >= 4 is 39.7 Å². The standard InChI is InChI=1S/C21H25N5O2/c1-6-26(7-2)16-10-17-14(8-12(16)3)24-20-18(28-17)9-15(23-13(4)27)19-21(20)25(5)11-22-19/h8-11,24H,6-7H2,1-5H3,(H,23,27). The van der Waals surface area contributed by atoms with Crippen LogP contribution < -0.4 is 20.3 Å². The molecule has 0 aliphatic carbocycles. The summed E-state index contributed by atoms with van der Waals surface area (Å²) in [4.78, 5) is 18.4. The number of fused-ring (bicyclic) bond motifs is 4. The molecule has 146 valence electrons. The Morgan fingerprint density at radius 3 is 2.68 bits per heavy atom. The number of carbonyl (C=O) groups excluding carboxylic acids is 1. The number of nitrogens with one attached hydrogen (secondary N) is 2. The molecule has 1 aliphatic heterocycles. The summed E-state index contributed by atoms with van der Waals surface area (Å²) in [5, 5.41) is 6.38. The van der Waals surface area contributed by atoms with Crippen LogP contribution in [0.2, 0.25) is 0 Å². The van der Waals surface area contributed by atoms with E-state index in [0.29, 0.717) is 11.4 Å². The Kier molecular flexibility index (Phi) is 4.37. The number of aryl methyl sites for hydroxylation is 2. The van der Waals surface area contributed by atoms with E-state index in [4.69, 9.17) is 4.74 Å². The number of aromatic nitrogens is 2. The number of ether oxygens (including phenoxy) is 1. The predicted molar refractivity (Wildman–Crippen MR) is 113 cm³/mol. The van der Waals surface area contributed by atoms with Gasteiger partial charge in [-0.1, -0.05) is 0 Å². The molecule has 7 heteroatoms. The quantitative estimate of drug-likeness (QED) is 0.545. The van der Waals surface area contributed by atoms with Crippen molar-refractivity contribution in [2.24, 2.45) is 7.05 Å². The third kappa shape index (κ3) is 2.83. The number of hydrogen-bond donors (Lipinski definition) is 2. The van der Waals surface area contributed by atoms with Crippen molar-refractivity contribution in [1.29, 1.82) is 0 Å². The monoisotopic (exact) mass is 379 g/mol. The molecule has 1 amide bonds. The van der Waals surface area contributed by atoms with Gasteiger partial charge in [-0.05, 0) is 32.4 Å². The van der Waals surface area contributed by atoms with Crippen LogP contribution in [0.25, 0.3) is 11.0 Å². The van der Waals surface area contributed by atoms with E-state index in [-0.39, 0.29) is 5.91 Å². The van der Waals surface area contributed by atoms with Crippen molar-refractivity contribution < 1.29 is 9.53 Å². The topological polar surface area (TPSA) is 71.4 Å². The minimum atomic E-state index is -0.143. The number of rotatable bonds is 4. The first-order valence-electron chi connectivity index (χ1n) is 9.53. The molecule has 2 N–H and O–H groups in total. The molecule has 1 aromatic heterocycles. The minimum Gasteiger partial charge on any atom is -0.453 e. The van der Waals surface area contributed by atoms with Gasteiger partial charge in [0.2, 0.25) is 5.91 Å². The zero-order valence-electron chi connectivity index (χ0n) is 16.9. The maximum absolute atomic E-state index is 11.6. The van der Waals surface area contributed by atoms with E-state index in [1.54, 1.807) is 6.33 Å². The smallest absolute Gasteiger partial charge is 0.221 e. The van der Waals surface area contributed by atoms with Gasteiger partial charge in [0.1, 0.15) is 11.2 Å². The lowest BCUT2D eigenvalue weighted by Gasteiger charge is -2.28. The summed E-state index contributed by atoms with van der Waals surface area (Å²) in [5.41, 5.74) is 6.39. The van der Waals surface area contributed by atoms with Gasteiger partial charge in [-0.25, -0.2) is 4.98 Å². The molecule has 0 saturated heterocycles. The highest BCUT2D eigenvalue weighted by molar-refractivity contribution is 6.06. The number of hydrogen-bond acceptors (Lipinski definition) is 5. The highest BCUT2D eigenvalue weighted by atomic mass is 16.5. The Morgan fingerprint density at radius 1 is 1.25 bits per heavy atom. The second kappa shape index (κ2) is 6.74. The fourth-order valence-electron chi connectivity index (χ4n) is 3.81. The lowest BCUT2D eigenvalue weighted by atomic mass is 10.1. The summed E-state index contributed by atoms with van der Waals surface area (Å²) in [6.07, 6.45) is 1.74. The summed E-state index contributed by atoms with van der Waals surface area (Å²) in [7, 11) is 1.93. The van der Waals surface area contributed by atoms with Crippen LogP contribution in [0.15, 0.2) is 24.5 Å². The number of carbonyl (C=O) groups is 1. The second-order valence-electron chi connectivity index (χ2n) is 7.07. The van der Waals surface area contributed by atoms with E-state index in [9.17, 15) is 4.79 Å². The first-order chi connectivity index (χ1) is 13.4. The van der Waals surface area contributed by atoms with Gasteiger partial charge in [-0.2, -0.15) is 0 Å². The van der Waals surface area contributed by atoms with Crippen LogP contribution in [-0.4, -0.2) is 28.5 Å². The molecule has 0 spiro atoms. The van der Waals surface area contributed by atoms with Crippen LogP contribution in [0.3, 0.4) is 0 Å². The molecule has 7 nitrogen and oxygen atoms in total. The lowest BCUT2D eigenvalue weighted by Crippen LogP contribution is -2.23. The van der Waals surface area contributed by atoms with Gasteiger partial charge in [0.15, 0.2) is 11.5 Å². The lowest BCUT2D eigenvalue weighted by molar-refractivity contribution is -0.114. The molecular formula is C21H25N5O2. The molecule has 0 unspecified atom stereocenters.